The van der Waals surface area contributed by atoms with Crippen LogP contribution in [-0.2, 0) is 9.53 Å². The van der Waals surface area contributed by atoms with Gasteiger partial charge in [0.2, 0.25) is 5.91 Å². The number of carbonyl (C=O) groups excluding carboxylic acids is 1. The van der Waals surface area contributed by atoms with Crippen molar-refractivity contribution in [3.05, 3.63) is 23.9 Å². The van der Waals surface area contributed by atoms with Gasteiger partial charge in [-0.3, -0.25) is 4.79 Å². The van der Waals surface area contributed by atoms with Crippen molar-refractivity contribution in [1.82, 2.24) is 10.3 Å². The van der Waals surface area contributed by atoms with Crippen molar-refractivity contribution in [3.63, 3.8) is 0 Å². The third-order valence-corrected chi connectivity index (χ3v) is 3.05. The average Bonchev–Trinajstić information content (AvgIpc) is 2.78. The van der Waals surface area contributed by atoms with Crippen LogP contribution in [0.25, 0.3) is 0 Å². The number of nitrogens with zero attached hydrogens (tertiary/aromatic N) is 1. The van der Waals surface area contributed by atoms with Gasteiger partial charge in [0.1, 0.15) is 5.82 Å². The number of pyridine rings is 1. The van der Waals surface area contributed by atoms with Gasteiger partial charge in [-0.1, -0.05) is 6.92 Å². The van der Waals surface area contributed by atoms with Gasteiger partial charge in [0.05, 0.1) is 19.1 Å². The monoisotopic (exact) mass is 249 g/mol. The molecule has 2 N–H and O–H groups in total. The highest BCUT2D eigenvalue weighted by atomic mass is 16.5. The summed E-state index contributed by atoms with van der Waals surface area (Å²) < 4.78 is 5.36. The predicted molar refractivity (Wildman–Crippen MR) is 69.4 cm³/mol. The van der Waals surface area contributed by atoms with Gasteiger partial charge < -0.3 is 15.4 Å². The molecule has 1 fully saturated rings. The number of aryl methyl sites for hydroxylation is 1. The van der Waals surface area contributed by atoms with Crippen LogP contribution in [0.15, 0.2) is 18.3 Å². The van der Waals surface area contributed by atoms with E-state index in [1.54, 1.807) is 6.20 Å². The number of nitrogens with one attached hydrogen (secondary N) is 2. The molecule has 0 spiro atoms. The van der Waals surface area contributed by atoms with E-state index in [1.165, 1.54) is 0 Å². The standard InChI is InChI=1S/C13H19N3O2/c1-3-14-11-8-18-7-10(11)13(17)16-12-6-9(2)4-5-15-12/h4-6,10-11,14H,3,7-8H2,1-2H3,(H,15,16,17). The fraction of sp³-hybridized carbons (Fsp3) is 0.538. The van der Waals surface area contributed by atoms with Gasteiger partial charge in [0.25, 0.3) is 0 Å². The summed E-state index contributed by atoms with van der Waals surface area (Å²) in [6, 6.07) is 3.85. The molecule has 1 amide bonds. The first-order valence-corrected chi connectivity index (χ1v) is 6.25. The molecule has 5 heteroatoms. The first kappa shape index (κ1) is 13.0. The zero-order valence-electron chi connectivity index (χ0n) is 10.8. The van der Waals surface area contributed by atoms with Crippen LogP contribution in [0.2, 0.25) is 0 Å². The normalized spacial score (nSPS) is 23.0. The summed E-state index contributed by atoms with van der Waals surface area (Å²) in [6.45, 7) is 5.88. The van der Waals surface area contributed by atoms with Crippen LogP contribution in [0.1, 0.15) is 12.5 Å². The quantitative estimate of drug-likeness (QED) is 0.834. The van der Waals surface area contributed by atoms with E-state index in [-0.39, 0.29) is 17.9 Å². The molecule has 2 atom stereocenters. The van der Waals surface area contributed by atoms with Gasteiger partial charge in [-0.25, -0.2) is 4.98 Å². The van der Waals surface area contributed by atoms with Gasteiger partial charge >= 0.3 is 0 Å². The van der Waals surface area contributed by atoms with E-state index in [2.05, 4.69) is 15.6 Å². The van der Waals surface area contributed by atoms with E-state index in [1.807, 2.05) is 26.0 Å². The number of carbonyl (C=O) groups is 1. The molecule has 1 aromatic rings. The van der Waals surface area contributed by atoms with Gasteiger partial charge in [0, 0.05) is 12.2 Å². The Morgan fingerprint density at radius 1 is 1.56 bits per heavy atom. The van der Waals surface area contributed by atoms with Gasteiger partial charge in [0.15, 0.2) is 0 Å². The molecular formula is C13H19N3O2. The van der Waals surface area contributed by atoms with Crippen LogP contribution in [0.4, 0.5) is 5.82 Å². The van der Waals surface area contributed by atoms with Crippen molar-refractivity contribution < 1.29 is 9.53 Å². The summed E-state index contributed by atoms with van der Waals surface area (Å²) >= 11 is 0. The van der Waals surface area contributed by atoms with Crippen molar-refractivity contribution in [1.29, 1.82) is 0 Å². The van der Waals surface area contributed by atoms with Gasteiger partial charge in [-0.15, -0.1) is 0 Å². The molecule has 2 rings (SSSR count). The minimum Gasteiger partial charge on any atom is -0.379 e. The van der Waals surface area contributed by atoms with Gasteiger partial charge in [-0.2, -0.15) is 0 Å². The number of aromatic nitrogens is 1. The van der Waals surface area contributed by atoms with Crippen molar-refractivity contribution in [2.24, 2.45) is 5.92 Å². The molecule has 0 saturated carbocycles. The first-order chi connectivity index (χ1) is 8.70. The molecule has 1 aromatic heterocycles. The summed E-state index contributed by atoms with van der Waals surface area (Å²) in [5, 5.41) is 6.11. The van der Waals surface area contributed by atoms with Crippen molar-refractivity contribution >= 4 is 11.7 Å². The van der Waals surface area contributed by atoms with Crippen LogP contribution < -0.4 is 10.6 Å². The molecule has 0 aromatic carbocycles. The van der Waals surface area contributed by atoms with E-state index in [0.717, 1.165) is 12.1 Å². The molecule has 2 unspecified atom stereocenters. The summed E-state index contributed by atoms with van der Waals surface area (Å²) in [7, 11) is 0. The highest BCUT2D eigenvalue weighted by Crippen LogP contribution is 2.16. The minimum atomic E-state index is -0.146. The summed E-state index contributed by atoms with van der Waals surface area (Å²) in [4.78, 5) is 16.3. The van der Waals surface area contributed by atoms with E-state index < -0.39 is 0 Å². The maximum atomic E-state index is 12.1. The largest absolute Gasteiger partial charge is 0.379 e. The molecular weight excluding hydrogens is 230 g/mol. The van der Waals surface area contributed by atoms with Crippen molar-refractivity contribution in [2.45, 2.75) is 19.9 Å². The Morgan fingerprint density at radius 2 is 2.39 bits per heavy atom. The smallest absolute Gasteiger partial charge is 0.232 e. The highest BCUT2D eigenvalue weighted by Gasteiger charge is 2.33. The lowest BCUT2D eigenvalue weighted by Gasteiger charge is -2.17. The number of amides is 1. The fourth-order valence-corrected chi connectivity index (χ4v) is 2.10. The number of hydrogen-bond donors (Lipinski definition) is 2. The second-order valence-electron chi connectivity index (χ2n) is 4.52. The Kier molecular flexibility index (Phi) is 4.28. The number of ether oxygens (including phenoxy) is 1. The number of likely N-dealkylation sites (N-methyl/N-ethyl adjacent to an activating group) is 1. The molecule has 1 saturated heterocycles. The molecule has 1 aliphatic heterocycles. The molecule has 98 valence electrons. The minimum absolute atomic E-state index is 0.0310. The maximum absolute atomic E-state index is 12.1. The van der Waals surface area contributed by atoms with Crippen LogP contribution in [0, 0.1) is 12.8 Å². The highest BCUT2D eigenvalue weighted by molar-refractivity contribution is 5.92. The zero-order valence-corrected chi connectivity index (χ0v) is 10.8. The van der Waals surface area contributed by atoms with E-state index in [0.29, 0.717) is 19.0 Å². The number of anilines is 1. The SMILES string of the molecule is CCNC1COCC1C(=O)Nc1cc(C)ccn1. The molecule has 1 aliphatic rings. The van der Waals surface area contributed by atoms with Crippen LogP contribution in [-0.4, -0.2) is 36.7 Å². The van der Waals surface area contributed by atoms with Crippen molar-refractivity contribution in [3.8, 4) is 0 Å². The van der Waals surface area contributed by atoms with Gasteiger partial charge in [-0.05, 0) is 31.2 Å². The average molecular weight is 249 g/mol. The Balaban J connectivity index is 1.99. The van der Waals surface area contributed by atoms with E-state index in [9.17, 15) is 4.79 Å². The lowest BCUT2D eigenvalue weighted by Crippen LogP contribution is -2.41. The summed E-state index contributed by atoms with van der Waals surface area (Å²) in [6.07, 6.45) is 1.69. The third-order valence-electron chi connectivity index (χ3n) is 3.05. The Morgan fingerprint density at radius 3 is 3.11 bits per heavy atom. The molecule has 5 nitrogen and oxygen atoms in total. The summed E-state index contributed by atoms with van der Waals surface area (Å²) in [5.74, 6) is 0.422. The fourth-order valence-electron chi connectivity index (χ4n) is 2.10. The van der Waals surface area contributed by atoms with Crippen LogP contribution in [0.3, 0.4) is 0 Å². The predicted octanol–water partition coefficient (Wildman–Crippen LogP) is 0.953. The Hall–Kier alpha value is -1.46. The molecule has 0 radical (unpaired) electrons. The van der Waals surface area contributed by atoms with Crippen LogP contribution in [0.5, 0.6) is 0 Å². The second kappa shape index (κ2) is 5.93. The Labute approximate surface area is 107 Å². The lowest BCUT2D eigenvalue weighted by atomic mass is 10.0. The Bertz CT molecular complexity index is 422. The maximum Gasteiger partial charge on any atom is 0.232 e. The van der Waals surface area contributed by atoms with Crippen molar-refractivity contribution in [2.75, 3.05) is 25.1 Å². The lowest BCUT2D eigenvalue weighted by molar-refractivity contribution is -0.120. The molecule has 2 heterocycles. The molecule has 0 bridgehead atoms. The van der Waals surface area contributed by atoms with Crippen LogP contribution >= 0.6 is 0 Å². The van der Waals surface area contributed by atoms with E-state index in [4.69, 9.17) is 4.74 Å². The topological polar surface area (TPSA) is 63.2 Å². The second-order valence-corrected chi connectivity index (χ2v) is 4.52. The summed E-state index contributed by atoms with van der Waals surface area (Å²) in [5.41, 5.74) is 1.08. The third kappa shape index (κ3) is 3.05. The number of hydrogen-bond acceptors (Lipinski definition) is 4. The van der Waals surface area contributed by atoms with E-state index >= 15 is 0 Å². The molecule has 0 aliphatic carbocycles. The zero-order chi connectivity index (χ0) is 13.0. The molecule has 18 heavy (non-hydrogen) atoms. The first-order valence-electron chi connectivity index (χ1n) is 6.25. The number of rotatable bonds is 4.